The highest BCUT2D eigenvalue weighted by atomic mass is 16.6. The van der Waals surface area contributed by atoms with E-state index in [-0.39, 0.29) is 26.2 Å². The van der Waals surface area contributed by atoms with Gasteiger partial charge in [0.25, 0.3) is 0 Å². The number of hydrogen-bond donors (Lipinski definition) is 1. The van der Waals surface area contributed by atoms with E-state index in [1.165, 1.54) is 0 Å². The monoisotopic (exact) mass is 444 g/mol. The SMILES string of the molecule is CCCCCCOC(=O)CC(OCCCC)(C(=O)O)C(CCCC)C(=O)OCCCC. The molecule has 182 valence electrons. The second-order valence-corrected chi connectivity index (χ2v) is 8.07. The molecular weight excluding hydrogens is 400 g/mol. The number of hydrogen-bond acceptors (Lipinski definition) is 6. The first-order valence-corrected chi connectivity index (χ1v) is 12.1. The molecule has 0 amide bonds. The Bertz CT molecular complexity index is 506. The highest BCUT2D eigenvalue weighted by Crippen LogP contribution is 2.33. The third-order valence-electron chi connectivity index (χ3n) is 5.32. The largest absolute Gasteiger partial charge is 0.479 e. The van der Waals surface area contributed by atoms with E-state index in [2.05, 4.69) is 6.92 Å². The first kappa shape index (κ1) is 29.4. The molecule has 2 atom stereocenters. The van der Waals surface area contributed by atoms with Crippen LogP contribution in [0, 0.1) is 5.92 Å². The molecule has 31 heavy (non-hydrogen) atoms. The average Bonchev–Trinajstić information content (AvgIpc) is 2.73. The van der Waals surface area contributed by atoms with Gasteiger partial charge in [-0.25, -0.2) is 4.79 Å². The Morgan fingerprint density at radius 3 is 1.90 bits per heavy atom. The van der Waals surface area contributed by atoms with Gasteiger partial charge >= 0.3 is 17.9 Å². The summed E-state index contributed by atoms with van der Waals surface area (Å²) >= 11 is 0. The van der Waals surface area contributed by atoms with Crippen LogP contribution in [0.25, 0.3) is 0 Å². The number of carbonyl (C=O) groups is 3. The Morgan fingerprint density at radius 2 is 1.32 bits per heavy atom. The average molecular weight is 445 g/mol. The Kier molecular flexibility index (Phi) is 17.0. The van der Waals surface area contributed by atoms with Gasteiger partial charge in [0.1, 0.15) is 0 Å². The lowest BCUT2D eigenvalue weighted by atomic mass is 9.80. The van der Waals surface area contributed by atoms with Crippen molar-refractivity contribution in [1.82, 2.24) is 0 Å². The van der Waals surface area contributed by atoms with Gasteiger partial charge in [-0.1, -0.05) is 72.6 Å². The van der Waals surface area contributed by atoms with Crippen molar-refractivity contribution in [3.05, 3.63) is 0 Å². The van der Waals surface area contributed by atoms with Crippen molar-refractivity contribution in [3.8, 4) is 0 Å². The second kappa shape index (κ2) is 18.0. The standard InChI is InChI=1S/C24H44O7/c1-5-9-13-14-17-29-21(25)19-24(23(27)28,31-18-12-8-4)20(15-10-6-2)22(26)30-16-11-7-3/h20H,5-19H2,1-4H3,(H,27,28). The molecule has 7 heteroatoms. The second-order valence-electron chi connectivity index (χ2n) is 8.07. The molecule has 7 nitrogen and oxygen atoms in total. The molecule has 0 heterocycles. The lowest BCUT2D eigenvalue weighted by Gasteiger charge is -2.35. The smallest absolute Gasteiger partial charge is 0.337 e. The van der Waals surface area contributed by atoms with Gasteiger partial charge in [-0.3, -0.25) is 9.59 Å². The maximum absolute atomic E-state index is 12.9. The summed E-state index contributed by atoms with van der Waals surface area (Å²) in [6.07, 6.45) is 7.98. The lowest BCUT2D eigenvalue weighted by molar-refractivity contribution is -0.192. The molecule has 0 fully saturated rings. The number of rotatable bonds is 20. The third-order valence-corrected chi connectivity index (χ3v) is 5.32. The van der Waals surface area contributed by atoms with Crippen molar-refractivity contribution < 1.29 is 33.7 Å². The lowest BCUT2D eigenvalue weighted by Crippen LogP contribution is -2.53. The quantitative estimate of drug-likeness (QED) is 0.201. The summed E-state index contributed by atoms with van der Waals surface area (Å²) in [7, 11) is 0. The van der Waals surface area contributed by atoms with Gasteiger partial charge in [0.05, 0.1) is 25.6 Å². The van der Waals surface area contributed by atoms with Gasteiger partial charge in [0, 0.05) is 6.61 Å². The Labute approximate surface area is 188 Å². The summed E-state index contributed by atoms with van der Waals surface area (Å²) < 4.78 is 16.5. The molecular formula is C24H44O7. The number of carbonyl (C=O) groups excluding carboxylic acids is 2. The molecule has 0 aromatic heterocycles. The number of carboxylic acid groups (broad SMARTS) is 1. The van der Waals surface area contributed by atoms with Crippen LogP contribution in [0.4, 0.5) is 0 Å². The van der Waals surface area contributed by atoms with Crippen molar-refractivity contribution in [1.29, 1.82) is 0 Å². The molecule has 0 aromatic rings. The number of unbranched alkanes of at least 4 members (excludes halogenated alkanes) is 6. The zero-order valence-electron chi connectivity index (χ0n) is 20.1. The van der Waals surface area contributed by atoms with Crippen LogP contribution in [-0.2, 0) is 28.6 Å². The zero-order chi connectivity index (χ0) is 23.5. The summed E-state index contributed by atoms with van der Waals surface area (Å²) in [6.45, 7) is 8.62. The highest BCUT2D eigenvalue weighted by Gasteiger charge is 2.53. The molecule has 1 N–H and O–H groups in total. The Hall–Kier alpha value is -1.63. The first-order valence-electron chi connectivity index (χ1n) is 12.1. The number of carboxylic acids is 1. The van der Waals surface area contributed by atoms with E-state index in [0.29, 0.717) is 19.3 Å². The van der Waals surface area contributed by atoms with Crippen LogP contribution >= 0.6 is 0 Å². The Balaban J connectivity index is 5.59. The van der Waals surface area contributed by atoms with Crippen LogP contribution in [0.3, 0.4) is 0 Å². The van der Waals surface area contributed by atoms with Crippen LogP contribution in [0.15, 0.2) is 0 Å². The molecule has 0 aromatic carbocycles. The van der Waals surface area contributed by atoms with Gasteiger partial charge in [0.2, 0.25) is 0 Å². The molecule has 0 aliphatic rings. The molecule has 0 saturated heterocycles. The van der Waals surface area contributed by atoms with Crippen molar-refractivity contribution in [2.45, 2.75) is 110 Å². The summed E-state index contributed by atoms with van der Waals surface area (Å²) in [6, 6.07) is 0. The van der Waals surface area contributed by atoms with Crippen LogP contribution in [0.1, 0.15) is 105 Å². The van der Waals surface area contributed by atoms with E-state index in [0.717, 1.165) is 44.9 Å². The van der Waals surface area contributed by atoms with E-state index < -0.39 is 35.8 Å². The predicted molar refractivity (Wildman–Crippen MR) is 120 cm³/mol. The Morgan fingerprint density at radius 1 is 0.742 bits per heavy atom. The molecule has 0 saturated carbocycles. The molecule has 0 aliphatic heterocycles. The van der Waals surface area contributed by atoms with E-state index in [9.17, 15) is 19.5 Å². The van der Waals surface area contributed by atoms with Crippen molar-refractivity contribution in [2.24, 2.45) is 5.92 Å². The highest BCUT2D eigenvalue weighted by molar-refractivity contribution is 5.90. The molecule has 0 spiro atoms. The van der Waals surface area contributed by atoms with E-state index in [1.807, 2.05) is 20.8 Å². The van der Waals surface area contributed by atoms with Crippen LogP contribution in [0.2, 0.25) is 0 Å². The summed E-state index contributed by atoms with van der Waals surface area (Å²) in [5.41, 5.74) is -1.98. The number of ether oxygens (including phenoxy) is 3. The topological polar surface area (TPSA) is 99.1 Å². The van der Waals surface area contributed by atoms with Gasteiger partial charge < -0.3 is 19.3 Å². The first-order chi connectivity index (χ1) is 14.9. The fraction of sp³-hybridized carbons (Fsp3) is 0.875. The zero-order valence-corrected chi connectivity index (χ0v) is 20.1. The predicted octanol–water partition coefficient (Wildman–Crippen LogP) is 5.29. The number of aliphatic carboxylic acids is 1. The van der Waals surface area contributed by atoms with E-state index >= 15 is 0 Å². The normalized spacial score (nSPS) is 13.9. The van der Waals surface area contributed by atoms with Crippen molar-refractivity contribution >= 4 is 17.9 Å². The maximum Gasteiger partial charge on any atom is 0.337 e. The molecule has 0 radical (unpaired) electrons. The van der Waals surface area contributed by atoms with Gasteiger partial charge in [-0.2, -0.15) is 0 Å². The van der Waals surface area contributed by atoms with E-state index in [1.54, 1.807) is 0 Å². The van der Waals surface area contributed by atoms with Gasteiger partial charge in [-0.05, 0) is 25.7 Å². The molecule has 2 unspecified atom stereocenters. The number of esters is 2. The fourth-order valence-corrected chi connectivity index (χ4v) is 3.31. The maximum atomic E-state index is 12.9. The van der Waals surface area contributed by atoms with Crippen LogP contribution < -0.4 is 0 Å². The summed E-state index contributed by atoms with van der Waals surface area (Å²) in [5.74, 6) is -3.65. The van der Waals surface area contributed by atoms with Gasteiger partial charge in [-0.15, -0.1) is 0 Å². The van der Waals surface area contributed by atoms with Crippen LogP contribution in [0.5, 0.6) is 0 Å². The minimum atomic E-state index is -1.98. The molecule has 0 bridgehead atoms. The minimum absolute atomic E-state index is 0.150. The van der Waals surface area contributed by atoms with Crippen molar-refractivity contribution in [2.75, 3.05) is 19.8 Å². The van der Waals surface area contributed by atoms with Gasteiger partial charge in [0.15, 0.2) is 5.60 Å². The van der Waals surface area contributed by atoms with Crippen LogP contribution in [-0.4, -0.2) is 48.4 Å². The molecule has 0 rings (SSSR count). The minimum Gasteiger partial charge on any atom is -0.479 e. The van der Waals surface area contributed by atoms with E-state index in [4.69, 9.17) is 14.2 Å². The van der Waals surface area contributed by atoms with Crippen molar-refractivity contribution in [3.63, 3.8) is 0 Å². The summed E-state index contributed by atoms with van der Waals surface area (Å²) in [4.78, 5) is 37.9. The molecule has 0 aliphatic carbocycles. The summed E-state index contributed by atoms with van der Waals surface area (Å²) in [5, 5.41) is 10.2. The fourth-order valence-electron chi connectivity index (χ4n) is 3.31. The third kappa shape index (κ3) is 11.5.